The number of hydrogen-bond acceptors (Lipinski definition) is 5. The molecule has 5 heteroatoms. The fraction of sp³-hybridized carbons (Fsp3) is 0.538. The summed E-state index contributed by atoms with van der Waals surface area (Å²) in [5.74, 6) is 3.39. The zero-order chi connectivity index (χ0) is 21.0. The lowest BCUT2D eigenvalue weighted by atomic mass is 9.66. The second-order valence-corrected chi connectivity index (χ2v) is 9.70. The standard InChI is InChI=1S/C26H32N2O3/c1-27(2)19-10-8-18(9-11-19)25-20-15-23-24(30-17-29-23)16-22(20)31-26(28-13-5-6-14-28)12-4-3-7-21(25)26/h8-11,15-16,21,25H,3-7,12-14,17H2,1-2H3. The monoisotopic (exact) mass is 420 g/mol. The minimum Gasteiger partial charge on any atom is -0.472 e. The molecule has 6 rings (SSSR count). The molecule has 0 spiro atoms. The van der Waals surface area contributed by atoms with Crippen molar-refractivity contribution in [1.82, 2.24) is 4.90 Å². The van der Waals surface area contributed by atoms with Gasteiger partial charge in [-0.2, -0.15) is 0 Å². The number of hydrogen-bond donors (Lipinski definition) is 0. The summed E-state index contributed by atoms with van der Waals surface area (Å²) < 4.78 is 18.5. The van der Waals surface area contributed by atoms with E-state index in [0.717, 1.165) is 36.8 Å². The van der Waals surface area contributed by atoms with Crippen LogP contribution in [-0.2, 0) is 0 Å². The van der Waals surface area contributed by atoms with Gasteiger partial charge >= 0.3 is 0 Å². The third-order valence-corrected chi connectivity index (χ3v) is 7.82. The lowest BCUT2D eigenvalue weighted by Crippen LogP contribution is -2.61. The molecule has 0 aromatic heterocycles. The molecule has 0 amide bonds. The summed E-state index contributed by atoms with van der Waals surface area (Å²) in [4.78, 5) is 4.82. The van der Waals surface area contributed by atoms with Gasteiger partial charge in [-0.3, -0.25) is 4.90 Å². The molecule has 5 nitrogen and oxygen atoms in total. The van der Waals surface area contributed by atoms with Crippen molar-refractivity contribution in [3.63, 3.8) is 0 Å². The summed E-state index contributed by atoms with van der Waals surface area (Å²) in [5, 5.41) is 0. The van der Waals surface area contributed by atoms with Crippen LogP contribution >= 0.6 is 0 Å². The predicted molar refractivity (Wildman–Crippen MR) is 121 cm³/mol. The van der Waals surface area contributed by atoms with E-state index >= 15 is 0 Å². The first kappa shape index (κ1) is 19.3. The Hall–Kier alpha value is -2.40. The first-order valence-electron chi connectivity index (χ1n) is 11.8. The number of fused-ring (bicyclic) bond motifs is 3. The largest absolute Gasteiger partial charge is 0.472 e. The minimum absolute atomic E-state index is 0.208. The normalized spacial score (nSPS) is 29.2. The number of benzene rings is 2. The molecule has 1 saturated heterocycles. The van der Waals surface area contributed by atoms with Crippen molar-refractivity contribution in [2.75, 3.05) is 38.9 Å². The Balaban J connectivity index is 1.51. The molecule has 2 aromatic carbocycles. The van der Waals surface area contributed by atoms with Gasteiger partial charge in [0.1, 0.15) is 5.75 Å². The first-order chi connectivity index (χ1) is 15.2. The Morgan fingerprint density at radius 2 is 1.65 bits per heavy atom. The van der Waals surface area contributed by atoms with E-state index in [9.17, 15) is 0 Å². The van der Waals surface area contributed by atoms with Gasteiger partial charge in [0, 0.05) is 62.8 Å². The van der Waals surface area contributed by atoms with Crippen molar-refractivity contribution in [3.05, 3.63) is 47.5 Å². The number of ether oxygens (including phenoxy) is 3. The lowest BCUT2D eigenvalue weighted by molar-refractivity contribution is -0.154. The molecular formula is C26H32N2O3. The van der Waals surface area contributed by atoms with Gasteiger partial charge < -0.3 is 19.1 Å². The molecule has 4 aliphatic rings. The maximum atomic E-state index is 7.03. The maximum absolute atomic E-state index is 7.03. The molecule has 3 atom stereocenters. The average molecular weight is 421 g/mol. The quantitative estimate of drug-likeness (QED) is 0.699. The van der Waals surface area contributed by atoms with Gasteiger partial charge in [-0.05, 0) is 49.4 Å². The molecule has 164 valence electrons. The van der Waals surface area contributed by atoms with Crippen LogP contribution in [-0.4, -0.2) is 44.6 Å². The molecular weight excluding hydrogens is 388 g/mol. The topological polar surface area (TPSA) is 34.2 Å². The van der Waals surface area contributed by atoms with E-state index in [0.29, 0.717) is 18.6 Å². The molecule has 3 aliphatic heterocycles. The third kappa shape index (κ3) is 3.00. The number of anilines is 1. The zero-order valence-electron chi connectivity index (χ0n) is 18.6. The smallest absolute Gasteiger partial charge is 0.231 e. The van der Waals surface area contributed by atoms with Crippen molar-refractivity contribution in [3.8, 4) is 17.2 Å². The molecule has 1 aliphatic carbocycles. The van der Waals surface area contributed by atoms with Gasteiger partial charge in [0.15, 0.2) is 17.2 Å². The van der Waals surface area contributed by atoms with E-state index in [1.165, 1.54) is 48.9 Å². The SMILES string of the molecule is CN(C)c1ccc(C2c3cc4c(cc3OC3(N5CCCC5)CCCCC23)OCO4)cc1. The molecule has 1 saturated carbocycles. The highest BCUT2D eigenvalue weighted by atomic mass is 16.7. The molecule has 3 heterocycles. The van der Waals surface area contributed by atoms with Gasteiger partial charge in [0.25, 0.3) is 0 Å². The summed E-state index contributed by atoms with van der Waals surface area (Å²) in [6.45, 7) is 2.58. The molecule has 2 fully saturated rings. The second kappa shape index (κ2) is 7.33. The summed E-state index contributed by atoms with van der Waals surface area (Å²) in [6, 6.07) is 13.4. The van der Waals surface area contributed by atoms with Crippen molar-refractivity contribution < 1.29 is 14.2 Å². The van der Waals surface area contributed by atoms with Crippen molar-refractivity contribution >= 4 is 5.69 Å². The highest BCUT2D eigenvalue weighted by molar-refractivity contribution is 5.57. The Labute approximate surface area is 184 Å². The molecule has 0 radical (unpaired) electrons. The zero-order valence-corrected chi connectivity index (χ0v) is 18.6. The van der Waals surface area contributed by atoms with Crippen molar-refractivity contribution in [2.24, 2.45) is 5.92 Å². The summed E-state index contributed by atoms with van der Waals surface area (Å²) >= 11 is 0. The average Bonchev–Trinajstić information content (AvgIpc) is 3.48. The van der Waals surface area contributed by atoms with Crippen LogP contribution < -0.4 is 19.1 Å². The van der Waals surface area contributed by atoms with Crippen LogP contribution in [0.4, 0.5) is 5.69 Å². The van der Waals surface area contributed by atoms with E-state index in [-0.39, 0.29) is 5.72 Å². The second-order valence-electron chi connectivity index (χ2n) is 9.70. The number of nitrogens with zero attached hydrogens (tertiary/aromatic N) is 2. The van der Waals surface area contributed by atoms with Gasteiger partial charge in [0.05, 0.1) is 0 Å². The summed E-state index contributed by atoms with van der Waals surface area (Å²) in [5.41, 5.74) is 3.66. The maximum Gasteiger partial charge on any atom is 0.231 e. The van der Waals surface area contributed by atoms with Gasteiger partial charge in [-0.15, -0.1) is 0 Å². The molecule has 3 unspecified atom stereocenters. The highest BCUT2D eigenvalue weighted by Crippen LogP contribution is 2.57. The molecule has 0 bridgehead atoms. The van der Waals surface area contributed by atoms with Crippen LogP contribution in [0.15, 0.2) is 36.4 Å². The van der Waals surface area contributed by atoms with E-state index < -0.39 is 0 Å². The van der Waals surface area contributed by atoms with E-state index in [4.69, 9.17) is 14.2 Å². The van der Waals surface area contributed by atoms with Crippen LogP contribution in [0.5, 0.6) is 17.2 Å². The number of rotatable bonds is 3. The van der Waals surface area contributed by atoms with Crippen LogP contribution in [0, 0.1) is 5.92 Å². The fourth-order valence-corrected chi connectivity index (χ4v) is 6.33. The molecule has 0 N–H and O–H groups in total. The fourth-order valence-electron chi connectivity index (χ4n) is 6.33. The predicted octanol–water partition coefficient (Wildman–Crippen LogP) is 4.99. The number of likely N-dealkylation sites (tertiary alicyclic amines) is 1. The van der Waals surface area contributed by atoms with Crippen molar-refractivity contribution in [1.29, 1.82) is 0 Å². The van der Waals surface area contributed by atoms with E-state index in [1.54, 1.807) is 0 Å². The Morgan fingerprint density at radius 1 is 0.903 bits per heavy atom. The van der Waals surface area contributed by atoms with Crippen LogP contribution in [0.25, 0.3) is 0 Å². The first-order valence-corrected chi connectivity index (χ1v) is 11.8. The summed E-state index contributed by atoms with van der Waals surface area (Å²) in [7, 11) is 4.19. The highest BCUT2D eigenvalue weighted by Gasteiger charge is 2.55. The molecule has 31 heavy (non-hydrogen) atoms. The summed E-state index contributed by atoms with van der Waals surface area (Å²) in [6.07, 6.45) is 7.36. The van der Waals surface area contributed by atoms with Crippen LogP contribution in [0.3, 0.4) is 0 Å². The Bertz CT molecular complexity index is 967. The van der Waals surface area contributed by atoms with Gasteiger partial charge in [-0.25, -0.2) is 0 Å². The molecule has 2 aromatic rings. The van der Waals surface area contributed by atoms with Gasteiger partial charge in [-0.1, -0.05) is 18.6 Å². The van der Waals surface area contributed by atoms with Crippen molar-refractivity contribution in [2.45, 2.75) is 50.2 Å². The van der Waals surface area contributed by atoms with E-state index in [2.05, 4.69) is 60.3 Å². The Morgan fingerprint density at radius 3 is 2.39 bits per heavy atom. The minimum atomic E-state index is -0.208. The van der Waals surface area contributed by atoms with Gasteiger partial charge in [0.2, 0.25) is 6.79 Å². The van der Waals surface area contributed by atoms with Crippen LogP contribution in [0.2, 0.25) is 0 Å². The van der Waals surface area contributed by atoms with Crippen LogP contribution in [0.1, 0.15) is 55.6 Å². The lowest BCUT2D eigenvalue weighted by Gasteiger charge is -2.55. The Kier molecular flexibility index (Phi) is 4.57. The van der Waals surface area contributed by atoms with E-state index in [1.807, 2.05) is 0 Å². The third-order valence-electron chi connectivity index (χ3n) is 7.82.